The molecule has 2 heterocycles. The zero-order valence-electron chi connectivity index (χ0n) is 9.56. The third-order valence-corrected chi connectivity index (χ3v) is 2.99. The maximum absolute atomic E-state index is 9.25. The first-order valence-electron chi connectivity index (χ1n) is 5.73. The SMILES string of the molecule is Cc1ncc(C(C#N)N2CCCCC2)cn1. The van der Waals surface area contributed by atoms with Gasteiger partial charge in [-0.2, -0.15) is 5.26 Å². The Kier molecular flexibility index (Phi) is 3.47. The molecule has 0 amide bonds. The predicted molar refractivity (Wildman–Crippen MR) is 60.5 cm³/mol. The highest BCUT2D eigenvalue weighted by molar-refractivity contribution is 5.18. The van der Waals surface area contributed by atoms with Gasteiger partial charge in [0.1, 0.15) is 11.9 Å². The molecule has 1 atom stereocenters. The molecule has 84 valence electrons. The van der Waals surface area contributed by atoms with E-state index in [4.69, 9.17) is 0 Å². The summed E-state index contributed by atoms with van der Waals surface area (Å²) >= 11 is 0. The van der Waals surface area contributed by atoms with Crippen molar-refractivity contribution in [1.29, 1.82) is 5.26 Å². The predicted octanol–water partition coefficient (Wildman–Crippen LogP) is 1.84. The van der Waals surface area contributed by atoms with E-state index in [9.17, 15) is 5.26 Å². The highest BCUT2D eigenvalue weighted by atomic mass is 15.2. The molecule has 4 nitrogen and oxygen atoms in total. The van der Waals surface area contributed by atoms with Crippen molar-refractivity contribution in [2.75, 3.05) is 13.1 Å². The number of aromatic nitrogens is 2. The van der Waals surface area contributed by atoms with Gasteiger partial charge < -0.3 is 0 Å². The van der Waals surface area contributed by atoms with Crippen LogP contribution in [-0.2, 0) is 0 Å². The quantitative estimate of drug-likeness (QED) is 0.757. The summed E-state index contributed by atoms with van der Waals surface area (Å²) in [4.78, 5) is 10.5. The Balaban J connectivity index is 2.15. The van der Waals surface area contributed by atoms with Crippen molar-refractivity contribution in [2.24, 2.45) is 0 Å². The molecular formula is C12H16N4. The number of rotatable bonds is 2. The highest BCUT2D eigenvalue weighted by Gasteiger charge is 2.22. The summed E-state index contributed by atoms with van der Waals surface area (Å²) in [6, 6.07) is 2.17. The molecule has 0 spiro atoms. The molecule has 0 aliphatic carbocycles. The molecule has 0 radical (unpaired) electrons. The summed E-state index contributed by atoms with van der Waals surface area (Å²) in [5, 5.41) is 9.25. The molecule has 0 aromatic carbocycles. The number of hydrogen-bond acceptors (Lipinski definition) is 4. The van der Waals surface area contributed by atoms with Gasteiger partial charge >= 0.3 is 0 Å². The van der Waals surface area contributed by atoms with Crippen LogP contribution in [0.25, 0.3) is 0 Å². The van der Waals surface area contributed by atoms with E-state index in [0.29, 0.717) is 0 Å². The maximum atomic E-state index is 9.25. The second kappa shape index (κ2) is 5.04. The minimum atomic E-state index is -0.180. The third kappa shape index (κ3) is 2.37. The summed E-state index contributed by atoms with van der Waals surface area (Å²) in [6.07, 6.45) is 7.19. The van der Waals surface area contributed by atoms with Crippen molar-refractivity contribution in [1.82, 2.24) is 14.9 Å². The van der Waals surface area contributed by atoms with Gasteiger partial charge in [0, 0.05) is 18.0 Å². The van der Waals surface area contributed by atoms with Gasteiger partial charge in [0.05, 0.1) is 6.07 Å². The molecular weight excluding hydrogens is 200 g/mol. The molecule has 0 saturated carbocycles. The zero-order chi connectivity index (χ0) is 11.4. The Bertz CT molecular complexity index is 373. The monoisotopic (exact) mass is 216 g/mol. The van der Waals surface area contributed by atoms with E-state index in [1.807, 2.05) is 6.92 Å². The molecule has 1 unspecified atom stereocenters. The summed E-state index contributed by atoms with van der Waals surface area (Å²) in [5.41, 5.74) is 0.912. The number of nitrogens with zero attached hydrogens (tertiary/aromatic N) is 4. The Labute approximate surface area is 95.9 Å². The molecule has 1 aromatic rings. The van der Waals surface area contributed by atoms with Crippen molar-refractivity contribution in [3.63, 3.8) is 0 Å². The van der Waals surface area contributed by atoms with E-state index < -0.39 is 0 Å². The number of aryl methyl sites for hydroxylation is 1. The topological polar surface area (TPSA) is 52.8 Å². The highest BCUT2D eigenvalue weighted by Crippen LogP contribution is 2.22. The van der Waals surface area contributed by atoms with Crippen molar-refractivity contribution >= 4 is 0 Å². The average Bonchev–Trinajstić information content (AvgIpc) is 2.34. The van der Waals surface area contributed by atoms with Crippen LogP contribution in [0.1, 0.15) is 36.7 Å². The van der Waals surface area contributed by atoms with E-state index in [1.54, 1.807) is 12.4 Å². The van der Waals surface area contributed by atoms with Crippen molar-refractivity contribution in [2.45, 2.75) is 32.2 Å². The van der Waals surface area contributed by atoms with Gasteiger partial charge in [-0.05, 0) is 32.9 Å². The molecule has 2 rings (SSSR count). The van der Waals surface area contributed by atoms with Gasteiger partial charge in [-0.3, -0.25) is 4.90 Å². The first-order chi connectivity index (χ1) is 7.81. The van der Waals surface area contributed by atoms with Gasteiger partial charge in [0.25, 0.3) is 0 Å². The van der Waals surface area contributed by atoms with Crippen LogP contribution in [0.5, 0.6) is 0 Å². The lowest BCUT2D eigenvalue weighted by Crippen LogP contribution is -2.33. The average molecular weight is 216 g/mol. The van der Waals surface area contributed by atoms with Gasteiger partial charge in [0.15, 0.2) is 0 Å². The Hall–Kier alpha value is -1.47. The van der Waals surface area contributed by atoms with Crippen LogP contribution in [-0.4, -0.2) is 28.0 Å². The van der Waals surface area contributed by atoms with E-state index in [1.165, 1.54) is 19.3 Å². The van der Waals surface area contributed by atoms with E-state index in [0.717, 1.165) is 24.5 Å². The smallest absolute Gasteiger partial charge is 0.126 e. The Morgan fingerprint density at radius 2 is 1.88 bits per heavy atom. The maximum Gasteiger partial charge on any atom is 0.126 e. The lowest BCUT2D eigenvalue weighted by molar-refractivity contribution is 0.195. The van der Waals surface area contributed by atoms with E-state index in [-0.39, 0.29) is 6.04 Å². The van der Waals surface area contributed by atoms with Crippen LogP contribution in [0, 0.1) is 18.3 Å². The number of nitriles is 1. The van der Waals surface area contributed by atoms with E-state index in [2.05, 4.69) is 20.9 Å². The zero-order valence-corrected chi connectivity index (χ0v) is 9.56. The minimum Gasteiger partial charge on any atom is -0.284 e. The van der Waals surface area contributed by atoms with Crippen LogP contribution >= 0.6 is 0 Å². The summed E-state index contributed by atoms with van der Waals surface area (Å²) < 4.78 is 0. The fraction of sp³-hybridized carbons (Fsp3) is 0.583. The van der Waals surface area contributed by atoms with Crippen LogP contribution in [0.3, 0.4) is 0 Å². The molecule has 1 fully saturated rings. The molecule has 1 aliphatic heterocycles. The normalized spacial score (nSPS) is 19.0. The molecule has 1 saturated heterocycles. The number of hydrogen-bond donors (Lipinski definition) is 0. The van der Waals surface area contributed by atoms with Crippen molar-refractivity contribution < 1.29 is 0 Å². The molecule has 4 heteroatoms. The summed E-state index contributed by atoms with van der Waals surface area (Å²) in [6.45, 7) is 3.87. The first-order valence-corrected chi connectivity index (χ1v) is 5.73. The van der Waals surface area contributed by atoms with Gasteiger partial charge in [0.2, 0.25) is 0 Å². The lowest BCUT2D eigenvalue weighted by Gasteiger charge is -2.30. The summed E-state index contributed by atoms with van der Waals surface area (Å²) in [7, 11) is 0. The van der Waals surface area contributed by atoms with Crippen LogP contribution in [0.15, 0.2) is 12.4 Å². The van der Waals surface area contributed by atoms with Crippen molar-refractivity contribution in [3.05, 3.63) is 23.8 Å². The van der Waals surface area contributed by atoms with Gasteiger partial charge in [-0.1, -0.05) is 6.42 Å². The third-order valence-electron chi connectivity index (χ3n) is 2.99. The van der Waals surface area contributed by atoms with Crippen molar-refractivity contribution in [3.8, 4) is 6.07 Å². The van der Waals surface area contributed by atoms with Gasteiger partial charge in [-0.25, -0.2) is 9.97 Å². The molecule has 1 aromatic heterocycles. The lowest BCUT2D eigenvalue weighted by atomic mass is 10.1. The Morgan fingerprint density at radius 3 is 2.44 bits per heavy atom. The molecule has 1 aliphatic rings. The second-order valence-electron chi connectivity index (χ2n) is 4.19. The van der Waals surface area contributed by atoms with E-state index >= 15 is 0 Å². The fourth-order valence-electron chi connectivity index (χ4n) is 2.09. The number of likely N-dealkylation sites (tertiary alicyclic amines) is 1. The molecule has 0 N–H and O–H groups in total. The van der Waals surface area contributed by atoms with Gasteiger partial charge in [-0.15, -0.1) is 0 Å². The Morgan fingerprint density at radius 1 is 1.25 bits per heavy atom. The molecule has 0 bridgehead atoms. The standard InChI is InChI=1S/C12H16N4/c1-10-14-8-11(9-15-10)12(7-13)16-5-3-2-4-6-16/h8-9,12H,2-6H2,1H3. The minimum absolute atomic E-state index is 0.180. The largest absolute Gasteiger partial charge is 0.284 e. The fourth-order valence-corrected chi connectivity index (χ4v) is 2.09. The van der Waals surface area contributed by atoms with Crippen LogP contribution in [0.2, 0.25) is 0 Å². The van der Waals surface area contributed by atoms with Crippen LogP contribution in [0.4, 0.5) is 0 Å². The second-order valence-corrected chi connectivity index (χ2v) is 4.19. The number of piperidine rings is 1. The summed E-state index contributed by atoms with van der Waals surface area (Å²) in [5.74, 6) is 0.749. The van der Waals surface area contributed by atoms with Crippen LogP contribution < -0.4 is 0 Å². The molecule has 16 heavy (non-hydrogen) atoms. The first kappa shape index (κ1) is 11.0.